The number of phenolic OH excluding ortho intramolecular Hbond substituents is 2. The highest BCUT2D eigenvalue weighted by molar-refractivity contribution is 5.40. The largest absolute Gasteiger partial charge is 0.508 e. The van der Waals surface area contributed by atoms with Crippen LogP contribution in [-0.4, -0.2) is 30.5 Å². The summed E-state index contributed by atoms with van der Waals surface area (Å²) in [4.78, 5) is 0. The monoisotopic (exact) mass is 265 g/mol. The topological polar surface area (TPSA) is 61.7 Å². The van der Waals surface area contributed by atoms with Gasteiger partial charge in [-0.25, -0.2) is 0 Å². The zero-order chi connectivity index (χ0) is 13.9. The second-order valence-electron chi connectivity index (χ2n) is 5.59. The quantitative estimate of drug-likeness (QED) is 0.709. The van der Waals surface area contributed by atoms with E-state index in [0.717, 1.165) is 25.1 Å². The van der Waals surface area contributed by atoms with Crippen LogP contribution in [0.4, 0.5) is 0 Å². The number of nitrogens with one attached hydrogen (secondary N) is 1. The molecule has 1 aromatic rings. The molecule has 0 aromatic heterocycles. The number of benzene rings is 1. The van der Waals surface area contributed by atoms with Crippen molar-refractivity contribution < 1.29 is 14.9 Å². The second-order valence-corrected chi connectivity index (χ2v) is 5.59. The standard InChI is InChI=1S/C15H23NO3/c1-11(13-4-3-12(17)9-14(13)18)16-10-15(5-6-15)7-8-19-2/h3-4,9,11,16-18H,5-8,10H2,1-2H3. The van der Waals surface area contributed by atoms with E-state index in [9.17, 15) is 10.2 Å². The lowest BCUT2D eigenvalue weighted by Gasteiger charge is -2.21. The zero-order valence-electron chi connectivity index (χ0n) is 11.6. The molecule has 3 N–H and O–H groups in total. The van der Waals surface area contributed by atoms with Gasteiger partial charge in [-0.05, 0) is 37.7 Å². The van der Waals surface area contributed by atoms with Crippen LogP contribution >= 0.6 is 0 Å². The average Bonchev–Trinajstić information content (AvgIpc) is 3.14. The molecule has 106 valence electrons. The van der Waals surface area contributed by atoms with Crippen LogP contribution in [0.15, 0.2) is 18.2 Å². The van der Waals surface area contributed by atoms with Gasteiger partial charge in [0.25, 0.3) is 0 Å². The van der Waals surface area contributed by atoms with E-state index >= 15 is 0 Å². The second kappa shape index (κ2) is 5.80. The van der Waals surface area contributed by atoms with Gasteiger partial charge in [-0.15, -0.1) is 0 Å². The van der Waals surface area contributed by atoms with Gasteiger partial charge in [0.1, 0.15) is 11.5 Å². The molecule has 0 amide bonds. The third-order valence-electron chi connectivity index (χ3n) is 4.06. The number of methoxy groups -OCH3 is 1. The van der Waals surface area contributed by atoms with E-state index in [4.69, 9.17) is 4.74 Å². The van der Waals surface area contributed by atoms with Crippen LogP contribution in [-0.2, 0) is 4.74 Å². The van der Waals surface area contributed by atoms with E-state index in [1.54, 1.807) is 19.2 Å². The Morgan fingerprint density at radius 2 is 2.11 bits per heavy atom. The SMILES string of the molecule is COCCC1(CNC(C)c2ccc(O)cc2O)CC1. The number of ether oxygens (including phenoxy) is 1. The lowest BCUT2D eigenvalue weighted by molar-refractivity contribution is 0.170. The van der Waals surface area contributed by atoms with Crippen LogP contribution in [0.2, 0.25) is 0 Å². The third kappa shape index (κ3) is 3.61. The van der Waals surface area contributed by atoms with Gasteiger partial charge in [0.2, 0.25) is 0 Å². The first kappa shape index (κ1) is 14.2. The van der Waals surface area contributed by atoms with Crippen molar-refractivity contribution in [1.29, 1.82) is 0 Å². The first-order valence-electron chi connectivity index (χ1n) is 6.80. The van der Waals surface area contributed by atoms with E-state index in [1.807, 2.05) is 6.92 Å². The van der Waals surface area contributed by atoms with Crippen molar-refractivity contribution >= 4 is 0 Å². The summed E-state index contributed by atoms with van der Waals surface area (Å²) >= 11 is 0. The van der Waals surface area contributed by atoms with Crippen molar-refractivity contribution in [2.45, 2.75) is 32.2 Å². The Hall–Kier alpha value is -1.26. The van der Waals surface area contributed by atoms with Crippen molar-refractivity contribution in [2.24, 2.45) is 5.41 Å². The zero-order valence-corrected chi connectivity index (χ0v) is 11.6. The smallest absolute Gasteiger partial charge is 0.124 e. The molecule has 1 fully saturated rings. The number of rotatable bonds is 7. The molecule has 4 heteroatoms. The Morgan fingerprint density at radius 1 is 1.37 bits per heavy atom. The fourth-order valence-electron chi connectivity index (χ4n) is 2.39. The number of hydrogen-bond acceptors (Lipinski definition) is 4. The highest BCUT2D eigenvalue weighted by Crippen LogP contribution is 2.48. The first-order chi connectivity index (χ1) is 9.06. The Balaban J connectivity index is 1.89. The Kier molecular flexibility index (Phi) is 4.32. The van der Waals surface area contributed by atoms with Crippen molar-refractivity contribution in [3.05, 3.63) is 23.8 Å². The molecule has 0 spiro atoms. The van der Waals surface area contributed by atoms with Gasteiger partial charge >= 0.3 is 0 Å². The van der Waals surface area contributed by atoms with Crippen LogP contribution in [0.3, 0.4) is 0 Å². The lowest BCUT2D eigenvalue weighted by Crippen LogP contribution is -2.27. The van der Waals surface area contributed by atoms with E-state index in [2.05, 4.69) is 5.32 Å². The fraction of sp³-hybridized carbons (Fsp3) is 0.600. The van der Waals surface area contributed by atoms with Gasteiger partial charge in [0.05, 0.1) is 0 Å². The van der Waals surface area contributed by atoms with Crippen molar-refractivity contribution in [2.75, 3.05) is 20.3 Å². The fourth-order valence-corrected chi connectivity index (χ4v) is 2.39. The normalized spacial score (nSPS) is 18.2. The molecule has 4 nitrogen and oxygen atoms in total. The molecule has 1 aromatic carbocycles. The highest BCUT2D eigenvalue weighted by Gasteiger charge is 2.41. The van der Waals surface area contributed by atoms with E-state index in [1.165, 1.54) is 18.9 Å². The minimum absolute atomic E-state index is 0.0700. The lowest BCUT2D eigenvalue weighted by atomic mass is 10.0. The Bertz CT molecular complexity index is 429. The number of aromatic hydroxyl groups is 2. The predicted molar refractivity (Wildman–Crippen MR) is 74.3 cm³/mol. The van der Waals surface area contributed by atoms with Crippen LogP contribution in [0, 0.1) is 5.41 Å². The predicted octanol–water partition coefficient (Wildman–Crippen LogP) is 2.57. The van der Waals surface area contributed by atoms with Gasteiger partial charge in [-0.1, -0.05) is 6.07 Å². The summed E-state index contributed by atoms with van der Waals surface area (Å²) in [5.74, 6) is 0.231. The van der Waals surface area contributed by atoms with E-state index < -0.39 is 0 Å². The number of hydrogen-bond donors (Lipinski definition) is 3. The van der Waals surface area contributed by atoms with Crippen molar-refractivity contribution in [3.63, 3.8) is 0 Å². The summed E-state index contributed by atoms with van der Waals surface area (Å²) in [5, 5.41) is 22.6. The molecule has 1 aliphatic rings. The van der Waals surface area contributed by atoms with Gasteiger partial charge in [-0.2, -0.15) is 0 Å². The molecule has 1 atom stereocenters. The van der Waals surface area contributed by atoms with Gasteiger partial charge in [0.15, 0.2) is 0 Å². The summed E-state index contributed by atoms with van der Waals surface area (Å²) in [6.07, 6.45) is 3.58. The number of phenols is 2. The molecule has 19 heavy (non-hydrogen) atoms. The molecule has 1 unspecified atom stereocenters. The van der Waals surface area contributed by atoms with Crippen LogP contribution in [0.5, 0.6) is 11.5 Å². The maximum absolute atomic E-state index is 9.83. The van der Waals surface area contributed by atoms with Gasteiger partial charge < -0.3 is 20.3 Å². The summed E-state index contributed by atoms with van der Waals surface area (Å²) in [6.45, 7) is 3.77. The maximum Gasteiger partial charge on any atom is 0.124 e. The summed E-state index contributed by atoms with van der Waals surface area (Å²) in [5.41, 5.74) is 1.21. The summed E-state index contributed by atoms with van der Waals surface area (Å²) in [7, 11) is 1.74. The molecular formula is C15H23NO3. The van der Waals surface area contributed by atoms with Crippen molar-refractivity contribution in [1.82, 2.24) is 5.32 Å². The molecule has 0 bridgehead atoms. The van der Waals surface area contributed by atoms with E-state index in [0.29, 0.717) is 5.41 Å². The summed E-state index contributed by atoms with van der Waals surface area (Å²) in [6, 6.07) is 4.81. The molecule has 0 radical (unpaired) electrons. The third-order valence-corrected chi connectivity index (χ3v) is 4.06. The summed E-state index contributed by atoms with van der Waals surface area (Å²) < 4.78 is 5.15. The van der Waals surface area contributed by atoms with Crippen LogP contribution in [0.1, 0.15) is 37.8 Å². The minimum atomic E-state index is 0.0700. The molecule has 0 aliphatic heterocycles. The molecular weight excluding hydrogens is 242 g/mol. The molecule has 2 rings (SSSR count). The van der Waals surface area contributed by atoms with Gasteiger partial charge in [-0.3, -0.25) is 0 Å². The Labute approximate surface area is 114 Å². The average molecular weight is 265 g/mol. The highest BCUT2D eigenvalue weighted by atomic mass is 16.5. The molecule has 1 aliphatic carbocycles. The van der Waals surface area contributed by atoms with Gasteiger partial charge in [0, 0.05) is 37.9 Å². The van der Waals surface area contributed by atoms with E-state index in [-0.39, 0.29) is 17.5 Å². The van der Waals surface area contributed by atoms with Crippen LogP contribution in [0.25, 0.3) is 0 Å². The molecule has 0 heterocycles. The first-order valence-corrected chi connectivity index (χ1v) is 6.80. The maximum atomic E-state index is 9.83. The molecule has 0 saturated heterocycles. The van der Waals surface area contributed by atoms with Crippen molar-refractivity contribution in [3.8, 4) is 11.5 Å². The minimum Gasteiger partial charge on any atom is -0.508 e. The molecule has 1 saturated carbocycles. The Morgan fingerprint density at radius 3 is 2.68 bits per heavy atom. The van der Waals surface area contributed by atoms with Crippen LogP contribution < -0.4 is 5.32 Å².